The average Bonchev–Trinajstić information content (AvgIpc) is 3.46. The highest BCUT2D eigenvalue weighted by Crippen LogP contribution is 2.34. The number of nitrogens with zero attached hydrogens (tertiary/aromatic N) is 2. The molecule has 13 heteroatoms. The molecular formula is C40H69N7O6. The number of likely N-dealkylation sites (tertiary alicyclic amines) is 1. The van der Waals surface area contributed by atoms with Crippen molar-refractivity contribution >= 4 is 35.6 Å². The number of carbonyl (C=O) groups is 6. The van der Waals surface area contributed by atoms with E-state index in [2.05, 4.69) is 47.0 Å². The molecule has 7 amide bonds. The van der Waals surface area contributed by atoms with Crippen molar-refractivity contribution in [2.75, 3.05) is 32.7 Å². The molecule has 3 rings (SSSR count). The van der Waals surface area contributed by atoms with Gasteiger partial charge in [0, 0.05) is 32.7 Å². The molecule has 3 fully saturated rings. The van der Waals surface area contributed by atoms with Crippen molar-refractivity contribution in [3.63, 3.8) is 0 Å². The van der Waals surface area contributed by atoms with Gasteiger partial charge in [-0.25, -0.2) is 9.59 Å². The smallest absolute Gasteiger partial charge is 0.317 e. The Labute approximate surface area is 318 Å². The van der Waals surface area contributed by atoms with Crippen LogP contribution in [0.3, 0.4) is 0 Å². The van der Waals surface area contributed by atoms with E-state index in [0.29, 0.717) is 57.8 Å². The SMILES string of the molecule is C=CCNC(=O)C(=O)C(CCCCC1CCC1)NC(=O)[C@@H]1[C@@H](CC(C)C)CCN1C(=O)[C@@H](NC(=O)N[C@H](CN1CCCNC1=O)C(C)(C)C)C(C)(C)C. The van der Waals surface area contributed by atoms with E-state index in [-0.39, 0.29) is 30.3 Å². The summed E-state index contributed by atoms with van der Waals surface area (Å²) in [6.07, 6.45) is 10.3. The topological polar surface area (TPSA) is 169 Å². The van der Waals surface area contributed by atoms with Gasteiger partial charge in [0.05, 0.1) is 12.1 Å². The maximum atomic E-state index is 14.6. The first-order valence-corrected chi connectivity index (χ1v) is 20.0. The van der Waals surface area contributed by atoms with E-state index in [4.69, 9.17) is 0 Å². The predicted molar refractivity (Wildman–Crippen MR) is 207 cm³/mol. The summed E-state index contributed by atoms with van der Waals surface area (Å²) < 4.78 is 0. The van der Waals surface area contributed by atoms with Crippen LogP contribution in [0.1, 0.15) is 120 Å². The third-order valence-electron chi connectivity index (χ3n) is 11.0. The number of carbonyl (C=O) groups excluding carboxylic acids is 6. The molecule has 3 aliphatic rings. The molecule has 13 nitrogen and oxygen atoms in total. The van der Waals surface area contributed by atoms with Gasteiger partial charge in [-0.1, -0.05) is 100.0 Å². The van der Waals surface area contributed by atoms with Crippen molar-refractivity contribution in [1.29, 1.82) is 0 Å². The van der Waals surface area contributed by atoms with Gasteiger partial charge in [0.1, 0.15) is 12.1 Å². The van der Waals surface area contributed by atoms with Gasteiger partial charge in [0.2, 0.25) is 17.6 Å². The molecule has 53 heavy (non-hydrogen) atoms. The molecular weight excluding hydrogens is 674 g/mol. The van der Waals surface area contributed by atoms with E-state index in [0.717, 1.165) is 19.3 Å². The van der Waals surface area contributed by atoms with Gasteiger partial charge in [-0.05, 0) is 54.3 Å². The monoisotopic (exact) mass is 744 g/mol. The number of urea groups is 2. The number of amides is 7. The molecule has 0 aromatic heterocycles. The number of rotatable bonds is 18. The lowest BCUT2D eigenvalue weighted by atomic mass is 9.81. The minimum atomic E-state index is -1.02. The summed E-state index contributed by atoms with van der Waals surface area (Å²) in [7, 11) is 0. The molecule has 5 atom stereocenters. The quantitative estimate of drug-likeness (QED) is 0.0787. The fraction of sp³-hybridized carbons (Fsp3) is 0.800. The lowest BCUT2D eigenvalue weighted by Crippen LogP contribution is -2.62. The zero-order valence-electron chi connectivity index (χ0n) is 33.8. The van der Waals surface area contributed by atoms with E-state index < -0.39 is 58.6 Å². The van der Waals surface area contributed by atoms with Gasteiger partial charge in [-0.3, -0.25) is 19.2 Å². The van der Waals surface area contributed by atoms with Crippen LogP contribution in [0, 0.1) is 28.6 Å². The van der Waals surface area contributed by atoms with Crippen molar-refractivity contribution in [2.24, 2.45) is 28.6 Å². The van der Waals surface area contributed by atoms with Crippen molar-refractivity contribution in [2.45, 2.75) is 144 Å². The third-order valence-corrected chi connectivity index (χ3v) is 11.0. The highest BCUT2D eigenvalue weighted by molar-refractivity contribution is 6.38. The largest absolute Gasteiger partial charge is 0.346 e. The number of nitrogens with one attached hydrogen (secondary N) is 5. The van der Waals surface area contributed by atoms with E-state index in [1.54, 1.807) is 9.80 Å². The van der Waals surface area contributed by atoms with Crippen LogP contribution in [0.4, 0.5) is 9.59 Å². The van der Waals surface area contributed by atoms with E-state index in [1.165, 1.54) is 25.3 Å². The summed E-state index contributed by atoms with van der Waals surface area (Å²) in [5.41, 5.74) is -1.12. The third kappa shape index (κ3) is 13.0. The summed E-state index contributed by atoms with van der Waals surface area (Å²) >= 11 is 0. The molecule has 0 radical (unpaired) electrons. The zero-order chi connectivity index (χ0) is 39.5. The van der Waals surface area contributed by atoms with Crippen LogP contribution in [-0.2, 0) is 19.2 Å². The summed E-state index contributed by atoms with van der Waals surface area (Å²) in [4.78, 5) is 84.6. The van der Waals surface area contributed by atoms with E-state index >= 15 is 0 Å². The molecule has 0 aromatic carbocycles. The van der Waals surface area contributed by atoms with Gasteiger partial charge >= 0.3 is 12.1 Å². The van der Waals surface area contributed by atoms with Gasteiger partial charge in [-0.2, -0.15) is 0 Å². The van der Waals surface area contributed by atoms with Crippen LogP contribution in [0.15, 0.2) is 12.7 Å². The highest BCUT2D eigenvalue weighted by Gasteiger charge is 2.47. The Balaban J connectivity index is 1.82. The van der Waals surface area contributed by atoms with Crippen molar-refractivity contribution in [3.8, 4) is 0 Å². The number of ketones is 1. The van der Waals surface area contributed by atoms with Crippen molar-refractivity contribution < 1.29 is 28.8 Å². The molecule has 1 saturated carbocycles. The summed E-state index contributed by atoms with van der Waals surface area (Å²) in [5.74, 6) is -1.53. The standard InChI is InChI=1S/C40H69N7O6/c1-10-20-41-35(50)32(48)29(18-12-11-15-27-16-13-17-27)43-34(49)31-28(24-26(2)3)19-23-47(31)36(51)33(40(7,8)9)45-37(52)44-30(39(4,5)6)25-46-22-14-21-42-38(46)53/h10,26-31,33H,1,11-25H2,2-9H3,(H,41,50)(H,42,53)(H,43,49)(H2,44,45,52)/t28-,29?,30-,31+,33-/m1/s1. The molecule has 0 bridgehead atoms. The second-order valence-corrected chi connectivity index (χ2v) is 18.0. The number of hydrogen-bond acceptors (Lipinski definition) is 6. The van der Waals surface area contributed by atoms with E-state index in [9.17, 15) is 28.8 Å². The van der Waals surface area contributed by atoms with E-state index in [1.807, 2.05) is 41.5 Å². The van der Waals surface area contributed by atoms with Crippen LogP contribution in [0.2, 0.25) is 0 Å². The Hall–Kier alpha value is -3.64. The Morgan fingerprint density at radius 2 is 1.62 bits per heavy atom. The molecule has 1 unspecified atom stereocenters. The lowest BCUT2D eigenvalue weighted by Gasteiger charge is -2.39. The fourth-order valence-electron chi connectivity index (χ4n) is 7.57. The number of unbranched alkanes of at least 4 members (excludes halogenated alkanes) is 1. The molecule has 300 valence electrons. The fourth-order valence-corrected chi connectivity index (χ4v) is 7.57. The van der Waals surface area contributed by atoms with Crippen molar-refractivity contribution in [1.82, 2.24) is 36.4 Å². The predicted octanol–water partition coefficient (Wildman–Crippen LogP) is 4.51. The maximum Gasteiger partial charge on any atom is 0.317 e. The first-order valence-electron chi connectivity index (χ1n) is 20.0. The Bertz CT molecular complexity index is 1300. The van der Waals surface area contributed by atoms with Crippen LogP contribution in [0.25, 0.3) is 0 Å². The van der Waals surface area contributed by atoms with Crippen LogP contribution in [-0.4, -0.2) is 102 Å². The van der Waals surface area contributed by atoms with Crippen LogP contribution in [0.5, 0.6) is 0 Å². The summed E-state index contributed by atoms with van der Waals surface area (Å²) in [6, 6.07) is -3.99. The molecule has 2 saturated heterocycles. The van der Waals surface area contributed by atoms with Crippen molar-refractivity contribution in [3.05, 3.63) is 12.7 Å². The average molecular weight is 744 g/mol. The molecule has 2 aliphatic heterocycles. The van der Waals surface area contributed by atoms with Gasteiger partial charge in [0.15, 0.2) is 0 Å². The second-order valence-electron chi connectivity index (χ2n) is 18.0. The Morgan fingerprint density at radius 1 is 0.925 bits per heavy atom. The first kappa shape index (κ1) is 43.8. The zero-order valence-corrected chi connectivity index (χ0v) is 33.8. The molecule has 0 aromatic rings. The minimum Gasteiger partial charge on any atom is -0.346 e. The van der Waals surface area contributed by atoms with Crippen LogP contribution < -0.4 is 26.6 Å². The second kappa shape index (κ2) is 19.6. The maximum absolute atomic E-state index is 14.6. The first-order chi connectivity index (χ1) is 24.8. The Morgan fingerprint density at radius 3 is 2.19 bits per heavy atom. The van der Waals surface area contributed by atoms with Crippen LogP contribution >= 0.6 is 0 Å². The number of hydrogen-bond donors (Lipinski definition) is 5. The molecule has 1 aliphatic carbocycles. The molecule has 2 heterocycles. The lowest BCUT2D eigenvalue weighted by molar-refractivity contribution is -0.144. The summed E-state index contributed by atoms with van der Waals surface area (Å²) in [5, 5.41) is 14.3. The van der Waals surface area contributed by atoms with Gasteiger partial charge in [-0.15, -0.1) is 6.58 Å². The number of Topliss-reactive ketones (excluding diaryl/α,β-unsaturated/α-hetero) is 1. The molecule has 5 N–H and O–H groups in total. The van der Waals surface area contributed by atoms with Gasteiger partial charge in [0.25, 0.3) is 5.91 Å². The minimum absolute atomic E-state index is 0.132. The Kier molecular flexibility index (Phi) is 16.2. The van der Waals surface area contributed by atoms with Gasteiger partial charge < -0.3 is 36.4 Å². The summed E-state index contributed by atoms with van der Waals surface area (Å²) in [6.45, 7) is 21.3. The normalized spacial score (nSPS) is 21.2. The highest BCUT2D eigenvalue weighted by atomic mass is 16.2. The molecule has 0 spiro atoms.